The molecule has 13 aromatic carbocycles. The number of benzene rings is 13. The topological polar surface area (TPSA) is 13.1 Å². The van der Waals surface area contributed by atoms with Crippen molar-refractivity contribution >= 4 is 75.8 Å². The second-order valence-corrected chi connectivity index (χ2v) is 19.3. The second-order valence-electron chi connectivity index (χ2n) is 19.3. The van der Waals surface area contributed by atoms with Gasteiger partial charge in [0.1, 0.15) is 11.2 Å². The second kappa shape index (κ2) is 14.0. The zero-order valence-corrected chi connectivity index (χ0v) is 38.0. The molecule has 2 aliphatic rings. The Labute approximate surface area is 404 Å². The van der Waals surface area contributed by atoms with Crippen LogP contribution >= 0.6 is 0 Å². The first-order valence-electron chi connectivity index (χ1n) is 24.4. The maximum Gasteiger partial charge on any atom is 0.135 e. The lowest BCUT2D eigenvalue weighted by Crippen LogP contribution is -2.26. The highest BCUT2D eigenvalue weighted by molar-refractivity contribution is 6.24. The van der Waals surface area contributed by atoms with Crippen molar-refractivity contribution in [2.45, 2.75) is 5.41 Å². The fourth-order valence-electron chi connectivity index (χ4n) is 13.3. The number of furan rings is 1. The molecule has 2 aliphatic carbocycles. The highest BCUT2D eigenvalue weighted by atomic mass is 16.3. The van der Waals surface area contributed by atoms with Gasteiger partial charge in [-0.05, 0) is 156 Å². The monoisotopic (exact) mass is 884 g/mol. The molecule has 14 aromatic rings. The molecule has 0 saturated carbocycles. The lowest BCUT2D eigenvalue weighted by atomic mass is 9.68. The van der Waals surface area contributed by atoms with Crippen LogP contribution in [0.25, 0.3) is 131 Å². The van der Waals surface area contributed by atoms with Gasteiger partial charge < -0.3 is 4.42 Å². The minimum Gasteiger partial charge on any atom is -0.456 e. The normalized spacial score (nSPS) is 13.3. The van der Waals surface area contributed by atoms with E-state index in [1.54, 1.807) is 0 Å². The number of rotatable bonds is 3. The molecule has 1 aromatic heterocycles. The molecular formula is C69H40O. The summed E-state index contributed by atoms with van der Waals surface area (Å²) in [6.45, 7) is 0. The summed E-state index contributed by atoms with van der Waals surface area (Å²) in [6, 6.07) is 90.7. The Bertz CT molecular complexity index is 4480. The molecule has 16 rings (SSSR count). The first-order valence-corrected chi connectivity index (χ1v) is 24.4. The molecule has 0 fully saturated rings. The van der Waals surface area contributed by atoms with Crippen molar-refractivity contribution in [3.8, 4) is 55.6 Å². The Morgan fingerprint density at radius 3 is 1.41 bits per heavy atom. The Morgan fingerprint density at radius 2 is 0.729 bits per heavy atom. The van der Waals surface area contributed by atoms with Crippen LogP contribution in [0.5, 0.6) is 0 Å². The van der Waals surface area contributed by atoms with Crippen LogP contribution < -0.4 is 0 Å². The zero-order chi connectivity index (χ0) is 45.7. The van der Waals surface area contributed by atoms with E-state index in [0.29, 0.717) is 0 Å². The van der Waals surface area contributed by atoms with Gasteiger partial charge in [-0.25, -0.2) is 0 Å². The third-order valence-electron chi connectivity index (χ3n) is 16.0. The molecule has 1 heterocycles. The summed E-state index contributed by atoms with van der Waals surface area (Å²) in [6.07, 6.45) is 0. The SMILES string of the molecule is c1ccc2c(c1)-c1ccccc1C21c2c(ccc3ccccc23)-c2c1c1ccc(-c3ccc(-c4c5ccccc5c(-c5ccc6oc7ccccc7c6c5)c5ccccc45)cc3)cc1c1ccccc21. The van der Waals surface area contributed by atoms with Crippen LogP contribution in [0.4, 0.5) is 0 Å². The van der Waals surface area contributed by atoms with Crippen molar-refractivity contribution in [2.75, 3.05) is 0 Å². The Morgan fingerprint density at radius 1 is 0.243 bits per heavy atom. The summed E-state index contributed by atoms with van der Waals surface area (Å²) in [7, 11) is 0. The molecule has 70 heavy (non-hydrogen) atoms. The summed E-state index contributed by atoms with van der Waals surface area (Å²) in [4.78, 5) is 0. The molecule has 1 nitrogen and oxygen atoms in total. The minimum atomic E-state index is -0.494. The first-order chi connectivity index (χ1) is 34.7. The lowest BCUT2D eigenvalue weighted by molar-refractivity contribution is 0.669. The first kappa shape index (κ1) is 38.0. The maximum absolute atomic E-state index is 6.26. The van der Waals surface area contributed by atoms with Crippen LogP contribution in [-0.4, -0.2) is 0 Å². The largest absolute Gasteiger partial charge is 0.456 e. The van der Waals surface area contributed by atoms with Crippen LogP contribution in [0.15, 0.2) is 247 Å². The molecule has 0 radical (unpaired) electrons. The number of fused-ring (bicyclic) bond motifs is 22. The van der Waals surface area contributed by atoms with Gasteiger partial charge >= 0.3 is 0 Å². The van der Waals surface area contributed by atoms with E-state index in [4.69, 9.17) is 4.42 Å². The Balaban J connectivity index is 0.894. The Hall–Kier alpha value is -9.04. The van der Waals surface area contributed by atoms with E-state index in [1.165, 1.54) is 132 Å². The average molecular weight is 885 g/mol. The van der Waals surface area contributed by atoms with Gasteiger partial charge in [-0.1, -0.05) is 218 Å². The van der Waals surface area contributed by atoms with Crippen LogP contribution in [0, 0.1) is 0 Å². The standard InChI is InChI=1S/C69H40O/c1-2-16-46-42(15-1)33-37-57-66-51-21-4-3-17-47(51)58-39-44(34-36-56(58)68(66)69(67(46)57)60-26-12-9-18-48(60)49-19-10-13-27-61(49)69)41-29-31-43(32-30-41)64-52-22-5-7-24-54(52)65(55-25-8-6-23-53(55)64)45-35-38-63-59(40-45)50-20-11-14-28-62(50)70-63/h1-40H. The van der Waals surface area contributed by atoms with Gasteiger partial charge in [-0.2, -0.15) is 0 Å². The summed E-state index contributed by atoms with van der Waals surface area (Å²) < 4.78 is 6.26. The fourth-order valence-corrected chi connectivity index (χ4v) is 13.3. The summed E-state index contributed by atoms with van der Waals surface area (Å²) in [5.41, 5.74) is 19.5. The van der Waals surface area contributed by atoms with E-state index in [1.807, 2.05) is 6.07 Å². The molecule has 0 bridgehead atoms. The fraction of sp³-hybridized carbons (Fsp3) is 0.0145. The lowest BCUT2D eigenvalue weighted by Gasteiger charge is -2.32. The predicted molar refractivity (Wildman–Crippen MR) is 294 cm³/mol. The van der Waals surface area contributed by atoms with Crippen molar-refractivity contribution < 1.29 is 4.42 Å². The van der Waals surface area contributed by atoms with Gasteiger partial charge in [0.15, 0.2) is 0 Å². The van der Waals surface area contributed by atoms with E-state index < -0.39 is 5.41 Å². The van der Waals surface area contributed by atoms with Crippen LogP contribution in [-0.2, 0) is 5.41 Å². The van der Waals surface area contributed by atoms with Gasteiger partial charge in [0.25, 0.3) is 0 Å². The summed E-state index contributed by atoms with van der Waals surface area (Å²) in [5.74, 6) is 0. The molecule has 1 spiro atoms. The van der Waals surface area contributed by atoms with Gasteiger partial charge in [0.2, 0.25) is 0 Å². The molecule has 0 unspecified atom stereocenters. The smallest absolute Gasteiger partial charge is 0.135 e. The van der Waals surface area contributed by atoms with Crippen molar-refractivity contribution in [1.82, 2.24) is 0 Å². The molecule has 0 amide bonds. The average Bonchev–Trinajstić information content (AvgIpc) is 4.07. The van der Waals surface area contributed by atoms with Gasteiger partial charge in [0.05, 0.1) is 5.41 Å². The molecular weight excluding hydrogens is 845 g/mol. The van der Waals surface area contributed by atoms with Crippen molar-refractivity contribution in [1.29, 1.82) is 0 Å². The van der Waals surface area contributed by atoms with Gasteiger partial charge in [-0.15, -0.1) is 0 Å². The predicted octanol–water partition coefficient (Wildman–Crippen LogP) is 18.7. The minimum absolute atomic E-state index is 0.494. The molecule has 1 heteroatoms. The van der Waals surface area contributed by atoms with Crippen molar-refractivity contribution in [2.24, 2.45) is 0 Å². The van der Waals surface area contributed by atoms with E-state index in [-0.39, 0.29) is 0 Å². The quantitative estimate of drug-likeness (QED) is 0.127. The molecule has 0 N–H and O–H groups in total. The maximum atomic E-state index is 6.26. The van der Waals surface area contributed by atoms with Gasteiger partial charge in [-0.3, -0.25) is 0 Å². The highest BCUT2D eigenvalue weighted by Crippen LogP contribution is 2.66. The van der Waals surface area contributed by atoms with Crippen molar-refractivity contribution in [3.05, 3.63) is 265 Å². The van der Waals surface area contributed by atoms with E-state index in [0.717, 1.165) is 21.9 Å². The number of hydrogen-bond donors (Lipinski definition) is 0. The van der Waals surface area contributed by atoms with Crippen LogP contribution in [0.1, 0.15) is 22.3 Å². The van der Waals surface area contributed by atoms with E-state index in [9.17, 15) is 0 Å². The number of hydrogen-bond acceptors (Lipinski definition) is 1. The van der Waals surface area contributed by atoms with Gasteiger partial charge in [0, 0.05) is 10.8 Å². The molecule has 0 aliphatic heterocycles. The number of para-hydroxylation sites is 1. The highest BCUT2D eigenvalue weighted by Gasteiger charge is 2.53. The van der Waals surface area contributed by atoms with Crippen LogP contribution in [0.2, 0.25) is 0 Å². The summed E-state index contributed by atoms with van der Waals surface area (Å²) >= 11 is 0. The van der Waals surface area contributed by atoms with Crippen LogP contribution in [0.3, 0.4) is 0 Å². The zero-order valence-electron chi connectivity index (χ0n) is 38.0. The van der Waals surface area contributed by atoms with E-state index >= 15 is 0 Å². The van der Waals surface area contributed by atoms with E-state index in [2.05, 4.69) is 237 Å². The molecule has 0 saturated heterocycles. The molecule has 322 valence electrons. The summed E-state index contributed by atoms with van der Waals surface area (Å²) in [5, 5.41) is 15.0. The van der Waals surface area contributed by atoms with Crippen molar-refractivity contribution in [3.63, 3.8) is 0 Å². The molecule has 0 atom stereocenters. The third kappa shape index (κ3) is 4.90. The Kier molecular flexibility index (Phi) is 7.60. The third-order valence-corrected chi connectivity index (χ3v) is 16.0.